The average Bonchev–Trinajstić information content (AvgIpc) is 2.61. The number of hydrogen-bond donors (Lipinski definition) is 1. The molecule has 2 aromatic rings. The van der Waals surface area contributed by atoms with Gasteiger partial charge in [0.15, 0.2) is 0 Å². The molecule has 5 nitrogen and oxygen atoms in total. The highest BCUT2D eigenvalue weighted by Crippen LogP contribution is 2.19. The molecule has 0 heterocycles. The van der Waals surface area contributed by atoms with Gasteiger partial charge in [0.25, 0.3) is 0 Å². The molecule has 0 aliphatic heterocycles. The summed E-state index contributed by atoms with van der Waals surface area (Å²) in [6.07, 6.45) is -0.301. The molecule has 0 saturated heterocycles. The standard InChI is InChI=1S/C18H18O5/c1-22-17(20)14-5-3-12(4-6-14)11-16(19)13-7-9-15(10-8-13)18(21)23-2/h3-10,16,19H,11H2,1-2H3. The van der Waals surface area contributed by atoms with Gasteiger partial charge in [0, 0.05) is 6.42 Å². The van der Waals surface area contributed by atoms with E-state index in [1.165, 1.54) is 14.2 Å². The molecule has 0 amide bonds. The van der Waals surface area contributed by atoms with Gasteiger partial charge in [-0.3, -0.25) is 0 Å². The largest absolute Gasteiger partial charge is 0.465 e. The molecule has 0 aliphatic rings. The van der Waals surface area contributed by atoms with Crippen LogP contribution in [0.5, 0.6) is 0 Å². The lowest BCUT2D eigenvalue weighted by molar-refractivity contribution is 0.0591. The summed E-state index contributed by atoms with van der Waals surface area (Å²) in [5.41, 5.74) is 2.50. The first-order valence-electron chi connectivity index (χ1n) is 7.08. The van der Waals surface area contributed by atoms with Crippen LogP contribution >= 0.6 is 0 Å². The Morgan fingerprint density at radius 1 is 0.870 bits per heavy atom. The van der Waals surface area contributed by atoms with Crippen LogP contribution in [0.15, 0.2) is 48.5 Å². The number of methoxy groups -OCH3 is 2. The molecule has 0 spiro atoms. The third-order valence-corrected chi connectivity index (χ3v) is 3.52. The first kappa shape index (κ1) is 16.7. The van der Waals surface area contributed by atoms with Gasteiger partial charge in [-0.1, -0.05) is 24.3 Å². The van der Waals surface area contributed by atoms with Gasteiger partial charge in [-0.15, -0.1) is 0 Å². The van der Waals surface area contributed by atoms with Gasteiger partial charge in [0.1, 0.15) is 0 Å². The maximum Gasteiger partial charge on any atom is 0.337 e. The minimum atomic E-state index is -0.703. The van der Waals surface area contributed by atoms with Crippen molar-refractivity contribution in [1.82, 2.24) is 0 Å². The van der Waals surface area contributed by atoms with Crippen LogP contribution in [0.2, 0.25) is 0 Å². The minimum absolute atomic E-state index is 0.393. The number of hydrogen-bond acceptors (Lipinski definition) is 5. The zero-order chi connectivity index (χ0) is 16.8. The second kappa shape index (κ2) is 7.56. The van der Waals surface area contributed by atoms with Crippen LogP contribution in [0.3, 0.4) is 0 Å². The lowest BCUT2D eigenvalue weighted by atomic mass is 9.99. The predicted molar refractivity (Wildman–Crippen MR) is 84.2 cm³/mol. The molecule has 1 unspecified atom stereocenters. The summed E-state index contributed by atoms with van der Waals surface area (Å²) in [4.78, 5) is 22.7. The number of esters is 2. The maximum absolute atomic E-state index is 11.4. The monoisotopic (exact) mass is 314 g/mol. The van der Waals surface area contributed by atoms with Crippen LogP contribution in [0.1, 0.15) is 37.9 Å². The quantitative estimate of drug-likeness (QED) is 0.859. The second-order valence-electron chi connectivity index (χ2n) is 5.02. The number of carbonyl (C=O) groups is 2. The average molecular weight is 314 g/mol. The summed E-state index contributed by atoms with van der Waals surface area (Å²) < 4.78 is 9.27. The molecule has 0 aromatic heterocycles. The second-order valence-corrected chi connectivity index (χ2v) is 5.02. The minimum Gasteiger partial charge on any atom is -0.465 e. The Bertz CT molecular complexity index is 674. The van der Waals surface area contributed by atoms with E-state index in [2.05, 4.69) is 9.47 Å². The number of aliphatic hydroxyl groups excluding tert-OH is 1. The summed E-state index contributed by atoms with van der Waals surface area (Å²) in [5.74, 6) is -0.806. The normalized spacial score (nSPS) is 11.6. The smallest absolute Gasteiger partial charge is 0.337 e. The van der Waals surface area contributed by atoms with Crippen molar-refractivity contribution in [2.75, 3.05) is 14.2 Å². The third-order valence-electron chi connectivity index (χ3n) is 3.52. The highest BCUT2D eigenvalue weighted by molar-refractivity contribution is 5.89. The van der Waals surface area contributed by atoms with E-state index in [0.717, 1.165) is 5.56 Å². The number of rotatable bonds is 5. The third kappa shape index (κ3) is 4.17. The topological polar surface area (TPSA) is 72.8 Å². The van der Waals surface area contributed by atoms with Crippen molar-refractivity contribution >= 4 is 11.9 Å². The van der Waals surface area contributed by atoms with Crippen molar-refractivity contribution in [3.05, 3.63) is 70.8 Å². The van der Waals surface area contributed by atoms with Crippen molar-refractivity contribution in [3.8, 4) is 0 Å². The molecular formula is C18H18O5. The lowest BCUT2D eigenvalue weighted by Crippen LogP contribution is -2.05. The first-order chi connectivity index (χ1) is 11.0. The molecule has 0 saturated carbocycles. The number of aliphatic hydroxyl groups is 1. The van der Waals surface area contributed by atoms with E-state index in [0.29, 0.717) is 23.1 Å². The molecule has 0 aliphatic carbocycles. The molecule has 0 radical (unpaired) electrons. The molecule has 2 aromatic carbocycles. The maximum atomic E-state index is 11.4. The van der Waals surface area contributed by atoms with Crippen LogP contribution in [-0.2, 0) is 15.9 Å². The van der Waals surface area contributed by atoms with E-state index in [1.807, 2.05) is 0 Å². The highest BCUT2D eigenvalue weighted by atomic mass is 16.5. The lowest BCUT2D eigenvalue weighted by Gasteiger charge is -2.12. The van der Waals surface area contributed by atoms with Gasteiger partial charge in [0.05, 0.1) is 31.5 Å². The Balaban J connectivity index is 2.05. The van der Waals surface area contributed by atoms with E-state index in [1.54, 1.807) is 48.5 Å². The number of benzene rings is 2. The van der Waals surface area contributed by atoms with Crippen LogP contribution in [-0.4, -0.2) is 31.3 Å². The summed E-state index contributed by atoms with van der Waals surface area (Å²) in [6, 6.07) is 13.5. The zero-order valence-electron chi connectivity index (χ0n) is 13.0. The number of ether oxygens (including phenoxy) is 2. The van der Waals surface area contributed by atoms with Crippen molar-refractivity contribution in [3.63, 3.8) is 0 Å². The van der Waals surface area contributed by atoms with E-state index in [4.69, 9.17) is 0 Å². The Kier molecular flexibility index (Phi) is 5.49. The molecule has 2 rings (SSSR count). The van der Waals surface area contributed by atoms with Crippen molar-refractivity contribution < 1.29 is 24.2 Å². The molecule has 23 heavy (non-hydrogen) atoms. The van der Waals surface area contributed by atoms with E-state index < -0.39 is 18.0 Å². The Hall–Kier alpha value is -2.66. The first-order valence-corrected chi connectivity index (χ1v) is 7.08. The Morgan fingerprint density at radius 2 is 1.30 bits per heavy atom. The molecule has 1 N–H and O–H groups in total. The molecule has 0 bridgehead atoms. The fraction of sp³-hybridized carbons (Fsp3) is 0.222. The van der Waals surface area contributed by atoms with E-state index in [-0.39, 0.29) is 0 Å². The summed E-state index contributed by atoms with van der Waals surface area (Å²) in [5, 5.41) is 10.3. The van der Waals surface area contributed by atoms with Gasteiger partial charge in [-0.05, 0) is 35.4 Å². The van der Waals surface area contributed by atoms with Gasteiger partial charge in [-0.25, -0.2) is 9.59 Å². The van der Waals surface area contributed by atoms with Crippen molar-refractivity contribution in [1.29, 1.82) is 0 Å². The predicted octanol–water partition coefficient (Wildman–Crippen LogP) is 2.54. The van der Waals surface area contributed by atoms with Crippen molar-refractivity contribution in [2.24, 2.45) is 0 Å². The molecular weight excluding hydrogens is 296 g/mol. The number of carbonyl (C=O) groups excluding carboxylic acids is 2. The van der Waals surface area contributed by atoms with Crippen LogP contribution < -0.4 is 0 Å². The summed E-state index contributed by atoms with van der Waals surface area (Å²) >= 11 is 0. The van der Waals surface area contributed by atoms with Crippen LogP contribution in [0.4, 0.5) is 0 Å². The molecule has 5 heteroatoms. The summed E-state index contributed by atoms with van der Waals surface area (Å²) in [6.45, 7) is 0. The van der Waals surface area contributed by atoms with Gasteiger partial charge in [0.2, 0.25) is 0 Å². The van der Waals surface area contributed by atoms with Gasteiger partial charge in [-0.2, -0.15) is 0 Å². The fourth-order valence-corrected chi connectivity index (χ4v) is 2.20. The molecule has 120 valence electrons. The Morgan fingerprint density at radius 3 is 1.74 bits per heavy atom. The van der Waals surface area contributed by atoms with Crippen LogP contribution in [0, 0.1) is 0 Å². The molecule has 1 atom stereocenters. The Labute approximate surface area is 134 Å². The fourth-order valence-electron chi connectivity index (χ4n) is 2.20. The van der Waals surface area contributed by atoms with Gasteiger partial charge >= 0.3 is 11.9 Å². The molecule has 0 fully saturated rings. The van der Waals surface area contributed by atoms with E-state index >= 15 is 0 Å². The summed E-state index contributed by atoms with van der Waals surface area (Å²) in [7, 11) is 2.65. The highest BCUT2D eigenvalue weighted by Gasteiger charge is 2.12. The van der Waals surface area contributed by atoms with Gasteiger partial charge < -0.3 is 14.6 Å². The van der Waals surface area contributed by atoms with Crippen LogP contribution in [0.25, 0.3) is 0 Å². The zero-order valence-corrected chi connectivity index (χ0v) is 13.0. The SMILES string of the molecule is COC(=O)c1ccc(CC(O)c2ccc(C(=O)OC)cc2)cc1. The van der Waals surface area contributed by atoms with Crippen molar-refractivity contribution in [2.45, 2.75) is 12.5 Å². The van der Waals surface area contributed by atoms with E-state index in [9.17, 15) is 14.7 Å².